The van der Waals surface area contributed by atoms with Crippen molar-refractivity contribution >= 4 is 12.1 Å². The summed E-state index contributed by atoms with van der Waals surface area (Å²) in [6.07, 6.45) is 6.28. The molecular weight excluding hydrogens is 302 g/mol. The Labute approximate surface area is 142 Å². The van der Waals surface area contributed by atoms with Crippen LogP contribution in [0.3, 0.4) is 0 Å². The maximum absolute atomic E-state index is 11.8. The summed E-state index contributed by atoms with van der Waals surface area (Å²) < 4.78 is 5.37. The Balaban J connectivity index is 1.50. The van der Waals surface area contributed by atoms with Gasteiger partial charge in [0.05, 0.1) is 11.8 Å². The number of benzene rings is 1. The second-order valence-electron chi connectivity index (χ2n) is 6.94. The van der Waals surface area contributed by atoms with E-state index >= 15 is 0 Å². The SMILES string of the molecule is CC1(C)C2CC=C(/C=N/NC(=O)COc3ccccc3C#N)C1C2. The molecule has 3 aliphatic rings. The molecule has 2 atom stereocenters. The molecular formula is C19H21N3O2. The van der Waals surface area contributed by atoms with Crippen molar-refractivity contribution in [1.82, 2.24) is 5.43 Å². The van der Waals surface area contributed by atoms with E-state index in [1.807, 2.05) is 6.07 Å². The lowest BCUT2D eigenvalue weighted by Gasteiger charge is -2.55. The van der Waals surface area contributed by atoms with Crippen LogP contribution in [0.15, 0.2) is 41.0 Å². The Hall–Kier alpha value is -2.61. The Kier molecular flexibility index (Phi) is 4.39. The van der Waals surface area contributed by atoms with E-state index in [0.717, 1.165) is 12.3 Å². The Morgan fingerprint density at radius 1 is 1.50 bits per heavy atom. The van der Waals surface area contributed by atoms with Gasteiger partial charge in [0.2, 0.25) is 0 Å². The van der Waals surface area contributed by atoms with Crippen LogP contribution in [0.1, 0.15) is 32.3 Å². The largest absolute Gasteiger partial charge is 0.482 e. The summed E-state index contributed by atoms with van der Waals surface area (Å²) in [5, 5.41) is 13.0. The lowest BCUT2D eigenvalue weighted by molar-refractivity contribution is -0.123. The van der Waals surface area contributed by atoms with Crippen molar-refractivity contribution in [3.8, 4) is 11.8 Å². The van der Waals surface area contributed by atoms with Crippen LogP contribution in [-0.2, 0) is 4.79 Å². The zero-order valence-electron chi connectivity index (χ0n) is 14.0. The normalized spacial score (nSPS) is 23.8. The molecule has 1 amide bonds. The number of nitrogens with zero attached hydrogens (tertiary/aromatic N) is 2. The molecule has 3 aliphatic carbocycles. The topological polar surface area (TPSA) is 74.5 Å². The number of rotatable bonds is 5. The van der Waals surface area contributed by atoms with Gasteiger partial charge in [0, 0.05) is 0 Å². The number of carbonyl (C=O) groups is 1. The van der Waals surface area contributed by atoms with Crippen LogP contribution in [0.5, 0.6) is 5.75 Å². The third kappa shape index (κ3) is 3.05. The maximum Gasteiger partial charge on any atom is 0.277 e. The highest BCUT2D eigenvalue weighted by Gasteiger charge is 2.50. The maximum atomic E-state index is 11.8. The molecule has 0 spiro atoms. The van der Waals surface area contributed by atoms with E-state index in [4.69, 9.17) is 10.00 Å². The average Bonchev–Trinajstić information content (AvgIpc) is 2.60. The average molecular weight is 323 g/mol. The summed E-state index contributed by atoms with van der Waals surface area (Å²) in [4.78, 5) is 11.8. The molecule has 0 aromatic heterocycles. The number of hydrogen-bond acceptors (Lipinski definition) is 4. The van der Waals surface area contributed by atoms with Gasteiger partial charge in [-0.25, -0.2) is 5.43 Å². The third-order valence-corrected chi connectivity index (χ3v) is 5.28. The summed E-state index contributed by atoms with van der Waals surface area (Å²) in [5.41, 5.74) is 4.43. The Morgan fingerprint density at radius 3 is 3.00 bits per heavy atom. The molecule has 0 saturated heterocycles. The second kappa shape index (κ2) is 6.48. The monoisotopic (exact) mass is 323 g/mol. The molecule has 5 heteroatoms. The number of hydrazone groups is 1. The summed E-state index contributed by atoms with van der Waals surface area (Å²) in [6, 6.07) is 8.85. The van der Waals surface area contributed by atoms with Gasteiger partial charge in [-0.2, -0.15) is 10.4 Å². The van der Waals surface area contributed by atoms with Crippen molar-refractivity contribution in [2.45, 2.75) is 26.7 Å². The molecule has 4 rings (SSSR count). The minimum atomic E-state index is -0.346. The molecule has 2 unspecified atom stereocenters. The van der Waals surface area contributed by atoms with Gasteiger partial charge in [0.1, 0.15) is 11.8 Å². The number of para-hydroxylation sites is 1. The lowest BCUT2D eigenvalue weighted by Crippen LogP contribution is -2.48. The third-order valence-electron chi connectivity index (χ3n) is 5.28. The van der Waals surface area contributed by atoms with Gasteiger partial charge in [0.15, 0.2) is 6.61 Å². The van der Waals surface area contributed by atoms with E-state index in [9.17, 15) is 4.79 Å². The fraction of sp³-hybridized carbons (Fsp3) is 0.421. The number of carbonyl (C=O) groups excluding carboxylic acids is 1. The van der Waals surface area contributed by atoms with Crippen LogP contribution in [0.25, 0.3) is 0 Å². The van der Waals surface area contributed by atoms with E-state index in [0.29, 0.717) is 22.6 Å². The van der Waals surface area contributed by atoms with Gasteiger partial charge < -0.3 is 4.74 Å². The molecule has 0 radical (unpaired) electrons. The van der Waals surface area contributed by atoms with Gasteiger partial charge in [-0.3, -0.25) is 4.79 Å². The molecule has 1 aromatic carbocycles. The first kappa shape index (κ1) is 16.3. The van der Waals surface area contributed by atoms with Crippen LogP contribution < -0.4 is 10.2 Å². The smallest absolute Gasteiger partial charge is 0.277 e. The summed E-state index contributed by atoms with van der Waals surface area (Å²) in [5.74, 6) is 1.37. The molecule has 1 aromatic rings. The van der Waals surface area contributed by atoms with Crippen LogP contribution in [0.2, 0.25) is 0 Å². The quantitative estimate of drug-likeness (QED) is 0.668. The van der Waals surface area contributed by atoms with Crippen molar-refractivity contribution in [1.29, 1.82) is 5.26 Å². The van der Waals surface area contributed by atoms with E-state index in [1.165, 1.54) is 12.0 Å². The molecule has 5 nitrogen and oxygen atoms in total. The summed E-state index contributed by atoms with van der Waals surface area (Å²) in [7, 11) is 0. The predicted octanol–water partition coefficient (Wildman–Crippen LogP) is 3.03. The number of fused-ring (bicyclic) bond motifs is 1. The van der Waals surface area contributed by atoms with Crippen LogP contribution in [-0.4, -0.2) is 18.7 Å². The van der Waals surface area contributed by atoms with Crippen LogP contribution >= 0.6 is 0 Å². The van der Waals surface area contributed by atoms with Gasteiger partial charge in [-0.05, 0) is 47.8 Å². The summed E-state index contributed by atoms with van der Waals surface area (Å²) in [6.45, 7) is 4.42. The van der Waals surface area contributed by atoms with E-state index < -0.39 is 0 Å². The fourth-order valence-electron chi connectivity index (χ4n) is 3.58. The minimum Gasteiger partial charge on any atom is -0.482 e. The molecule has 2 bridgehead atoms. The highest BCUT2D eigenvalue weighted by Crippen LogP contribution is 2.58. The molecule has 1 N–H and O–H groups in total. The van der Waals surface area contributed by atoms with Crippen molar-refractivity contribution in [2.75, 3.05) is 6.61 Å². The molecule has 0 heterocycles. The van der Waals surface area contributed by atoms with Crippen LogP contribution in [0.4, 0.5) is 0 Å². The van der Waals surface area contributed by atoms with E-state index in [-0.39, 0.29) is 12.5 Å². The van der Waals surface area contributed by atoms with Crippen molar-refractivity contribution < 1.29 is 9.53 Å². The molecule has 0 aliphatic heterocycles. The molecule has 1 fully saturated rings. The number of nitriles is 1. The summed E-state index contributed by atoms with van der Waals surface area (Å²) >= 11 is 0. The van der Waals surface area contributed by atoms with Crippen molar-refractivity contribution in [2.24, 2.45) is 22.4 Å². The highest BCUT2D eigenvalue weighted by molar-refractivity contribution is 5.83. The first-order valence-corrected chi connectivity index (χ1v) is 8.16. The zero-order chi connectivity index (χ0) is 17.2. The van der Waals surface area contributed by atoms with Crippen molar-refractivity contribution in [3.05, 3.63) is 41.5 Å². The number of ether oxygens (including phenoxy) is 1. The predicted molar refractivity (Wildman–Crippen MR) is 91.4 cm³/mol. The molecule has 124 valence electrons. The van der Waals surface area contributed by atoms with Gasteiger partial charge >= 0.3 is 0 Å². The van der Waals surface area contributed by atoms with Crippen LogP contribution in [0, 0.1) is 28.6 Å². The first-order chi connectivity index (χ1) is 11.5. The van der Waals surface area contributed by atoms with Gasteiger partial charge in [0.25, 0.3) is 5.91 Å². The first-order valence-electron chi connectivity index (χ1n) is 8.16. The van der Waals surface area contributed by atoms with E-state index in [2.05, 4.69) is 30.5 Å². The molecule has 24 heavy (non-hydrogen) atoms. The zero-order valence-corrected chi connectivity index (χ0v) is 14.0. The lowest BCUT2D eigenvalue weighted by atomic mass is 9.49. The second-order valence-corrected chi connectivity index (χ2v) is 6.94. The van der Waals surface area contributed by atoms with Gasteiger partial charge in [-0.1, -0.05) is 32.1 Å². The van der Waals surface area contributed by atoms with Crippen molar-refractivity contribution in [3.63, 3.8) is 0 Å². The number of amides is 1. The Bertz CT molecular complexity index is 743. The molecule has 1 saturated carbocycles. The Morgan fingerprint density at radius 2 is 2.29 bits per heavy atom. The standard InChI is InChI=1S/C19H21N3O2/c1-19(2)15-8-7-14(16(19)9-15)11-21-22-18(23)12-24-17-6-4-3-5-13(17)10-20/h3-7,11,15-16H,8-9,12H2,1-2H3,(H,22,23)/b21-11+. The van der Waals surface area contributed by atoms with Gasteiger partial charge in [-0.15, -0.1) is 0 Å². The number of nitrogens with one attached hydrogen (secondary N) is 1. The fourth-order valence-corrected chi connectivity index (χ4v) is 3.58. The number of hydrogen-bond donors (Lipinski definition) is 1. The highest BCUT2D eigenvalue weighted by atomic mass is 16.5. The van der Waals surface area contributed by atoms with E-state index in [1.54, 1.807) is 30.5 Å². The number of allylic oxidation sites excluding steroid dienone is 2. The minimum absolute atomic E-state index is 0.175.